The second-order valence-corrected chi connectivity index (χ2v) is 14.8. The predicted octanol–water partition coefficient (Wildman–Crippen LogP) is 10.5. The summed E-state index contributed by atoms with van der Waals surface area (Å²) in [6, 6.07) is 14.9. The third-order valence-electron chi connectivity index (χ3n) is 8.53. The van der Waals surface area contributed by atoms with Crippen LogP contribution < -0.4 is 5.30 Å². The van der Waals surface area contributed by atoms with Crippen LogP contribution in [-0.2, 0) is 0 Å². The van der Waals surface area contributed by atoms with Gasteiger partial charge < -0.3 is 0 Å². The Morgan fingerprint density at radius 3 is 1.53 bits per heavy atom. The zero-order valence-corrected chi connectivity index (χ0v) is 23.8. The Hall–Kier alpha value is -1.13. The molecule has 2 aliphatic carbocycles. The monoisotopic (exact) mass is 476 g/mol. The molecule has 0 amide bonds. The Labute approximate surface area is 212 Å². The predicted molar refractivity (Wildman–Crippen MR) is 154 cm³/mol. The van der Waals surface area contributed by atoms with Gasteiger partial charge in [-0.25, -0.2) is 0 Å². The highest BCUT2D eigenvalue weighted by molar-refractivity contribution is 7.67. The number of rotatable bonds is 7. The summed E-state index contributed by atoms with van der Waals surface area (Å²) in [7, 11) is -0.113. The molecule has 34 heavy (non-hydrogen) atoms. The lowest BCUT2D eigenvalue weighted by Gasteiger charge is -2.40. The van der Waals surface area contributed by atoms with Gasteiger partial charge in [0.2, 0.25) is 0 Å². The van der Waals surface area contributed by atoms with Crippen molar-refractivity contribution >= 4 is 13.2 Å². The molecule has 186 valence electrons. The van der Waals surface area contributed by atoms with Gasteiger partial charge in [-0.1, -0.05) is 124 Å². The Balaban J connectivity index is 1.88. The van der Waals surface area contributed by atoms with E-state index >= 15 is 0 Å². The molecule has 0 nitrogen and oxygen atoms in total. The van der Waals surface area contributed by atoms with Crippen LogP contribution >= 0.6 is 7.92 Å². The van der Waals surface area contributed by atoms with Crippen LogP contribution in [0.4, 0.5) is 0 Å². The molecule has 0 spiro atoms. The van der Waals surface area contributed by atoms with Crippen LogP contribution in [0.2, 0.25) is 0 Å². The summed E-state index contributed by atoms with van der Waals surface area (Å²) >= 11 is 0. The summed E-state index contributed by atoms with van der Waals surface area (Å²) in [6.07, 6.45) is 14.6. The first-order valence-electron chi connectivity index (χ1n) is 14.4. The molecule has 2 saturated carbocycles. The molecular weight excluding hydrogens is 427 g/mol. The van der Waals surface area contributed by atoms with Crippen molar-refractivity contribution in [2.24, 2.45) is 0 Å². The molecule has 2 fully saturated rings. The fourth-order valence-electron chi connectivity index (χ4n) is 6.70. The minimum Gasteiger partial charge on any atom is -0.0683 e. The number of benzene rings is 2. The standard InChI is InChI=1S/C33H49P/c1-23(2)29-21-31(25(5)6)32(22-30(29)24(3)4)28-19-13-14-20-33(28)34(26-15-9-7-10-16-26)27-17-11-8-12-18-27/h13-14,19-27H,7-12,15-18H2,1-6H3. The fraction of sp³-hybridized carbons (Fsp3) is 0.636. The largest absolute Gasteiger partial charge is 0.0683 e. The lowest BCUT2D eigenvalue weighted by Crippen LogP contribution is -2.27. The molecule has 0 saturated heterocycles. The molecule has 2 aliphatic rings. The van der Waals surface area contributed by atoms with E-state index in [1.165, 1.54) is 69.8 Å². The highest BCUT2D eigenvalue weighted by Crippen LogP contribution is 2.56. The average molecular weight is 477 g/mol. The molecule has 0 N–H and O–H groups in total. The van der Waals surface area contributed by atoms with Crippen LogP contribution in [0.25, 0.3) is 11.1 Å². The van der Waals surface area contributed by atoms with Gasteiger partial charge in [0.15, 0.2) is 0 Å². The summed E-state index contributed by atoms with van der Waals surface area (Å²) in [5, 5.41) is 1.74. The van der Waals surface area contributed by atoms with Crippen LogP contribution in [0, 0.1) is 0 Å². The molecule has 4 rings (SSSR count). The third kappa shape index (κ3) is 5.64. The van der Waals surface area contributed by atoms with E-state index in [4.69, 9.17) is 0 Å². The molecule has 1 heteroatoms. The highest BCUT2D eigenvalue weighted by Gasteiger charge is 2.34. The first kappa shape index (κ1) is 25.9. The summed E-state index contributed by atoms with van der Waals surface area (Å²) in [6.45, 7) is 14.3. The molecule has 0 heterocycles. The quantitative estimate of drug-likeness (QED) is 0.349. The Bertz CT molecular complexity index is 908. The van der Waals surface area contributed by atoms with Crippen molar-refractivity contribution in [1.82, 2.24) is 0 Å². The molecule has 0 aromatic heterocycles. The van der Waals surface area contributed by atoms with E-state index in [0.717, 1.165) is 11.3 Å². The van der Waals surface area contributed by atoms with Crippen LogP contribution in [-0.4, -0.2) is 11.3 Å². The third-order valence-corrected chi connectivity index (χ3v) is 12.1. The van der Waals surface area contributed by atoms with Crippen molar-refractivity contribution < 1.29 is 0 Å². The van der Waals surface area contributed by atoms with Crippen molar-refractivity contribution in [1.29, 1.82) is 0 Å². The second-order valence-electron chi connectivity index (χ2n) is 12.0. The fourth-order valence-corrected chi connectivity index (χ4v) is 10.7. The van der Waals surface area contributed by atoms with E-state index in [0.29, 0.717) is 17.8 Å². The first-order valence-corrected chi connectivity index (χ1v) is 15.9. The Kier molecular flexibility index (Phi) is 8.96. The number of hydrogen-bond acceptors (Lipinski definition) is 0. The van der Waals surface area contributed by atoms with Gasteiger partial charge >= 0.3 is 0 Å². The van der Waals surface area contributed by atoms with Crippen molar-refractivity contribution in [3.8, 4) is 11.1 Å². The van der Waals surface area contributed by atoms with E-state index in [2.05, 4.69) is 77.9 Å². The van der Waals surface area contributed by atoms with Gasteiger partial charge in [-0.2, -0.15) is 0 Å². The van der Waals surface area contributed by atoms with Crippen molar-refractivity contribution in [3.05, 3.63) is 53.1 Å². The van der Waals surface area contributed by atoms with Crippen LogP contribution in [0.15, 0.2) is 36.4 Å². The van der Waals surface area contributed by atoms with E-state index in [1.807, 2.05) is 0 Å². The number of hydrogen-bond donors (Lipinski definition) is 0. The van der Waals surface area contributed by atoms with Crippen molar-refractivity contribution in [2.75, 3.05) is 0 Å². The van der Waals surface area contributed by atoms with Gasteiger partial charge in [0.1, 0.15) is 0 Å². The molecule has 0 radical (unpaired) electrons. The zero-order valence-electron chi connectivity index (χ0n) is 22.9. The minimum absolute atomic E-state index is 0.113. The average Bonchev–Trinajstić information content (AvgIpc) is 2.85. The normalized spacial score (nSPS) is 18.5. The first-order chi connectivity index (χ1) is 16.4. The molecule has 0 atom stereocenters. The van der Waals surface area contributed by atoms with E-state index < -0.39 is 0 Å². The smallest absolute Gasteiger partial charge is 0.0104 e. The minimum atomic E-state index is -0.113. The van der Waals surface area contributed by atoms with Crippen molar-refractivity contribution in [2.45, 2.75) is 135 Å². The van der Waals surface area contributed by atoms with Crippen molar-refractivity contribution in [3.63, 3.8) is 0 Å². The van der Waals surface area contributed by atoms with Crippen LogP contribution in [0.1, 0.15) is 140 Å². The summed E-state index contributed by atoms with van der Waals surface area (Å²) < 4.78 is 0. The van der Waals surface area contributed by atoms with E-state index in [1.54, 1.807) is 27.6 Å². The second kappa shape index (κ2) is 11.7. The molecule has 2 aromatic rings. The van der Waals surface area contributed by atoms with E-state index in [-0.39, 0.29) is 7.92 Å². The SMILES string of the molecule is CC(C)c1cc(C(C)C)c(C(C)C)cc1-c1ccccc1P(C1CCCCC1)C1CCCCC1. The van der Waals surface area contributed by atoms with Crippen LogP contribution in [0.3, 0.4) is 0 Å². The Morgan fingerprint density at radius 1 is 0.559 bits per heavy atom. The maximum absolute atomic E-state index is 2.61. The van der Waals surface area contributed by atoms with Gasteiger partial charge in [-0.15, -0.1) is 0 Å². The van der Waals surface area contributed by atoms with E-state index in [9.17, 15) is 0 Å². The maximum Gasteiger partial charge on any atom is -0.0104 e. The molecule has 0 bridgehead atoms. The van der Waals surface area contributed by atoms with Gasteiger partial charge in [-0.05, 0) is 87.9 Å². The molecular formula is C33H49P. The topological polar surface area (TPSA) is 0 Å². The van der Waals surface area contributed by atoms with Crippen LogP contribution in [0.5, 0.6) is 0 Å². The molecule has 2 aromatic carbocycles. The van der Waals surface area contributed by atoms with Gasteiger partial charge in [0.05, 0.1) is 0 Å². The summed E-state index contributed by atoms with van der Waals surface area (Å²) in [5.74, 6) is 1.67. The highest BCUT2D eigenvalue weighted by atomic mass is 31.1. The molecule has 0 aliphatic heterocycles. The van der Waals surface area contributed by atoms with Gasteiger partial charge in [-0.3, -0.25) is 0 Å². The Morgan fingerprint density at radius 2 is 1.03 bits per heavy atom. The van der Waals surface area contributed by atoms with Gasteiger partial charge in [0.25, 0.3) is 0 Å². The molecule has 0 unspecified atom stereocenters. The zero-order chi connectivity index (χ0) is 24.2. The summed E-state index contributed by atoms with van der Waals surface area (Å²) in [5.41, 5.74) is 9.67. The van der Waals surface area contributed by atoms with Gasteiger partial charge in [0, 0.05) is 0 Å². The lowest BCUT2D eigenvalue weighted by atomic mass is 9.82. The maximum atomic E-state index is 2.61. The lowest BCUT2D eigenvalue weighted by molar-refractivity contribution is 0.487. The summed E-state index contributed by atoms with van der Waals surface area (Å²) in [4.78, 5) is 0.